The molecule has 0 radical (unpaired) electrons. The number of aromatic nitrogens is 5. The van der Waals surface area contributed by atoms with Gasteiger partial charge in [0.2, 0.25) is 0 Å². The van der Waals surface area contributed by atoms with Crippen molar-refractivity contribution in [2.75, 3.05) is 0 Å². The molecule has 0 spiro atoms. The number of hydrogen-bond acceptors (Lipinski definition) is 5. The smallest absolute Gasteiger partial charge is 0.139 e. The minimum Gasteiger partial charge on any atom is -0.299 e. The molecule has 0 bridgehead atoms. The molecule has 0 saturated carbocycles. The highest BCUT2D eigenvalue weighted by Gasteiger charge is 2.08. The van der Waals surface area contributed by atoms with Gasteiger partial charge in [0.15, 0.2) is 0 Å². The number of Topliss-reactive ketones (excluding diaryl/α,β-unsaturated/α-hetero) is 1. The van der Waals surface area contributed by atoms with Gasteiger partial charge in [0.05, 0.1) is 11.9 Å². The largest absolute Gasteiger partial charge is 0.299 e. The summed E-state index contributed by atoms with van der Waals surface area (Å²) in [5, 5.41) is 6.17. The number of carbonyl (C=O) groups excluding carboxylic acids is 1. The number of nitrogens with zero attached hydrogens (tertiary/aromatic N) is 5. The van der Waals surface area contributed by atoms with Gasteiger partial charge in [0, 0.05) is 67.5 Å². The van der Waals surface area contributed by atoms with Crippen molar-refractivity contribution in [2.24, 2.45) is 7.05 Å². The van der Waals surface area contributed by atoms with Crippen LogP contribution in [0.1, 0.15) is 17.7 Å². The van der Waals surface area contributed by atoms with E-state index in [1.54, 1.807) is 35.7 Å². The van der Waals surface area contributed by atoms with Gasteiger partial charge in [0.1, 0.15) is 5.78 Å². The van der Waals surface area contributed by atoms with Gasteiger partial charge in [-0.05, 0) is 35.6 Å². The first-order valence-corrected chi connectivity index (χ1v) is 8.82. The second-order valence-corrected chi connectivity index (χ2v) is 6.57. The average molecular weight is 357 g/mol. The first kappa shape index (κ1) is 17.0. The lowest BCUT2D eigenvalue weighted by Gasteiger charge is -2.05. The topological polar surface area (TPSA) is 73.6 Å². The van der Waals surface area contributed by atoms with Crippen molar-refractivity contribution < 1.29 is 4.79 Å². The zero-order valence-electron chi connectivity index (χ0n) is 15.0. The highest BCUT2D eigenvalue weighted by atomic mass is 16.1. The number of ketones is 1. The SMILES string of the molecule is Cn1cc(-c2cc3cc(CC(=O)CCc4cccnc4)ncc3cn2)cn1. The summed E-state index contributed by atoms with van der Waals surface area (Å²) in [5.41, 5.74) is 3.67. The Balaban J connectivity index is 1.49. The Hall–Kier alpha value is -3.41. The lowest BCUT2D eigenvalue weighted by Crippen LogP contribution is -2.06. The van der Waals surface area contributed by atoms with Gasteiger partial charge in [-0.1, -0.05) is 6.07 Å². The van der Waals surface area contributed by atoms with Gasteiger partial charge in [0.25, 0.3) is 0 Å². The Morgan fingerprint density at radius 1 is 1.07 bits per heavy atom. The van der Waals surface area contributed by atoms with Gasteiger partial charge >= 0.3 is 0 Å². The van der Waals surface area contributed by atoms with Crippen LogP contribution in [-0.2, 0) is 24.7 Å². The molecule has 27 heavy (non-hydrogen) atoms. The Morgan fingerprint density at radius 2 is 1.96 bits per heavy atom. The van der Waals surface area contributed by atoms with Gasteiger partial charge in [-0.25, -0.2) is 0 Å². The fraction of sp³-hybridized carbons (Fsp3) is 0.190. The summed E-state index contributed by atoms with van der Waals surface area (Å²) >= 11 is 0. The van der Waals surface area contributed by atoms with E-state index in [9.17, 15) is 4.79 Å². The summed E-state index contributed by atoms with van der Waals surface area (Å²) in [7, 11) is 1.88. The van der Waals surface area contributed by atoms with Gasteiger partial charge in [-0.15, -0.1) is 0 Å². The molecule has 4 aromatic rings. The molecule has 0 unspecified atom stereocenters. The first-order valence-electron chi connectivity index (χ1n) is 8.82. The van der Waals surface area contributed by atoms with Crippen LogP contribution < -0.4 is 0 Å². The molecule has 0 aliphatic heterocycles. The molecular formula is C21H19N5O. The molecular weight excluding hydrogens is 338 g/mol. The van der Waals surface area contributed by atoms with Gasteiger partial charge in [-0.2, -0.15) is 5.10 Å². The molecule has 6 nitrogen and oxygen atoms in total. The fourth-order valence-electron chi connectivity index (χ4n) is 3.01. The monoisotopic (exact) mass is 357 g/mol. The number of rotatable bonds is 6. The number of pyridine rings is 3. The van der Waals surface area contributed by atoms with Crippen LogP contribution in [0.25, 0.3) is 22.0 Å². The van der Waals surface area contributed by atoms with Gasteiger partial charge in [-0.3, -0.25) is 24.4 Å². The zero-order chi connectivity index (χ0) is 18.6. The summed E-state index contributed by atoms with van der Waals surface area (Å²) in [4.78, 5) is 25.3. The second-order valence-electron chi connectivity index (χ2n) is 6.57. The van der Waals surface area contributed by atoms with Crippen LogP contribution in [0.4, 0.5) is 0 Å². The van der Waals surface area contributed by atoms with E-state index in [4.69, 9.17) is 0 Å². The van der Waals surface area contributed by atoms with Crippen molar-refractivity contribution in [3.63, 3.8) is 0 Å². The summed E-state index contributed by atoms with van der Waals surface area (Å²) < 4.78 is 1.75. The number of carbonyl (C=O) groups is 1. The van der Waals surface area contributed by atoms with E-state index in [1.807, 2.05) is 37.5 Å². The van der Waals surface area contributed by atoms with E-state index >= 15 is 0 Å². The molecule has 0 fully saturated rings. The molecule has 0 saturated heterocycles. The van der Waals surface area contributed by atoms with E-state index in [-0.39, 0.29) is 5.78 Å². The summed E-state index contributed by atoms with van der Waals surface area (Å²) in [6.07, 6.45) is 12.4. The second kappa shape index (κ2) is 7.45. The minimum absolute atomic E-state index is 0.173. The zero-order valence-corrected chi connectivity index (χ0v) is 15.0. The molecule has 4 heterocycles. The van der Waals surface area contributed by atoms with Gasteiger partial charge < -0.3 is 0 Å². The van der Waals surface area contributed by atoms with Crippen LogP contribution in [-0.4, -0.2) is 30.5 Å². The lowest BCUT2D eigenvalue weighted by atomic mass is 10.0. The number of aryl methyl sites for hydroxylation is 2. The minimum atomic E-state index is 0.173. The van der Waals surface area contributed by atoms with Crippen molar-refractivity contribution in [3.8, 4) is 11.3 Å². The molecule has 0 N–H and O–H groups in total. The van der Waals surface area contributed by atoms with E-state index in [0.717, 1.165) is 33.3 Å². The van der Waals surface area contributed by atoms with Crippen LogP contribution >= 0.6 is 0 Å². The van der Waals surface area contributed by atoms with Crippen LogP contribution in [0.15, 0.2) is 61.4 Å². The van der Waals surface area contributed by atoms with Crippen LogP contribution in [0.5, 0.6) is 0 Å². The summed E-state index contributed by atoms with van der Waals surface area (Å²) in [6.45, 7) is 0. The maximum atomic E-state index is 12.3. The molecule has 0 aromatic carbocycles. The molecule has 0 aliphatic rings. The first-order chi connectivity index (χ1) is 13.2. The van der Waals surface area contributed by atoms with Crippen molar-refractivity contribution >= 4 is 16.6 Å². The van der Waals surface area contributed by atoms with E-state index in [0.29, 0.717) is 19.3 Å². The third kappa shape index (κ3) is 4.06. The highest BCUT2D eigenvalue weighted by molar-refractivity contribution is 5.86. The Bertz CT molecular complexity index is 1090. The third-order valence-corrected chi connectivity index (χ3v) is 4.45. The molecule has 0 aliphatic carbocycles. The number of hydrogen-bond donors (Lipinski definition) is 0. The predicted octanol–water partition coefficient (Wildman–Crippen LogP) is 3.17. The Morgan fingerprint density at radius 3 is 2.74 bits per heavy atom. The fourth-order valence-corrected chi connectivity index (χ4v) is 3.01. The molecule has 4 aromatic heterocycles. The normalized spacial score (nSPS) is 11.0. The Labute approximate surface area is 156 Å². The summed E-state index contributed by atoms with van der Waals surface area (Å²) in [6, 6.07) is 7.86. The van der Waals surface area contributed by atoms with Crippen LogP contribution in [0.3, 0.4) is 0 Å². The van der Waals surface area contributed by atoms with Crippen LogP contribution in [0, 0.1) is 0 Å². The molecule has 0 amide bonds. The van der Waals surface area contributed by atoms with Crippen LogP contribution in [0.2, 0.25) is 0 Å². The van der Waals surface area contributed by atoms with Crippen molar-refractivity contribution in [1.29, 1.82) is 0 Å². The maximum absolute atomic E-state index is 12.3. The number of fused-ring (bicyclic) bond motifs is 1. The molecule has 4 rings (SSSR count). The predicted molar refractivity (Wildman–Crippen MR) is 103 cm³/mol. The van der Waals surface area contributed by atoms with E-state index in [2.05, 4.69) is 20.1 Å². The van der Waals surface area contributed by atoms with E-state index < -0.39 is 0 Å². The standard InChI is InChI=1S/C21H19N5O/c1-26-14-18(13-25-26)21-8-16-7-19(23-11-17(16)12-24-21)9-20(27)5-4-15-3-2-6-22-10-15/h2-3,6-8,10-14H,4-5,9H2,1H3. The third-order valence-electron chi connectivity index (χ3n) is 4.45. The van der Waals surface area contributed by atoms with Crippen molar-refractivity contribution in [2.45, 2.75) is 19.3 Å². The highest BCUT2D eigenvalue weighted by Crippen LogP contribution is 2.22. The maximum Gasteiger partial charge on any atom is 0.139 e. The van der Waals surface area contributed by atoms with E-state index in [1.165, 1.54) is 0 Å². The lowest BCUT2D eigenvalue weighted by molar-refractivity contribution is -0.118. The summed E-state index contributed by atoms with van der Waals surface area (Å²) in [5.74, 6) is 0.173. The van der Waals surface area contributed by atoms with Crippen molar-refractivity contribution in [3.05, 3.63) is 72.7 Å². The Kier molecular flexibility index (Phi) is 4.70. The average Bonchev–Trinajstić information content (AvgIpc) is 3.13. The molecule has 134 valence electrons. The quantitative estimate of drug-likeness (QED) is 0.530. The molecule has 6 heteroatoms. The van der Waals surface area contributed by atoms with Crippen molar-refractivity contribution in [1.82, 2.24) is 24.7 Å². The molecule has 0 atom stereocenters.